The van der Waals surface area contributed by atoms with Crippen molar-refractivity contribution in [3.63, 3.8) is 0 Å². The van der Waals surface area contributed by atoms with Gasteiger partial charge in [-0.15, -0.1) is 0 Å². The van der Waals surface area contributed by atoms with E-state index in [0.717, 1.165) is 5.56 Å². The molecule has 1 amide bonds. The Morgan fingerprint density at radius 2 is 1.58 bits per heavy atom. The van der Waals surface area contributed by atoms with E-state index in [0.29, 0.717) is 41.7 Å². The van der Waals surface area contributed by atoms with Crippen LogP contribution in [0.1, 0.15) is 36.7 Å². The molecule has 2 aromatic rings. The summed E-state index contributed by atoms with van der Waals surface area (Å²) in [5.41, 5.74) is 4.57. The molecule has 0 aromatic heterocycles. The first kappa shape index (κ1) is 19.3. The molecule has 2 rings (SSSR count). The third-order valence-electron chi connectivity index (χ3n) is 3.64. The number of hydrogen-bond acceptors (Lipinski definition) is 5. The van der Waals surface area contributed by atoms with E-state index < -0.39 is 0 Å². The maximum absolute atomic E-state index is 12.2. The molecule has 6 heteroatoms. The lowest BCUT2D eigenvalue weighted by molar-refractivity contribution is 0.0955. The summed E-state index contributed by atoms with van der Waals surface area (Å²) in [5.74, 6) is 1.75. The van der Waals surface area contributed by atoms with Crippen LogP contribution in [0.4, 0.5) is 0 Å². The van der Waals surface area contributed by atoms with Crippen molar-refractivity contribution in [1.29, 1.82) is 0 Å². The van der Waals surface area contributed by atoms with Gasteiger partial charge in [0.1, 0.15) is 5.75 Å². The number of nitrogens with zero attached hydrogens (tertiary/aromatic N) is 1. The fraction of sp³-hybridized carbons (Fsp3) is 0.300. The molecule has 0 bridgehead atoms. The average Bonchev–Trinajstić information content (AvgIpc) is 2.67. The molecule has 0 aliphatic carbocycles. The molecule has 26 heavy (non-hydrogen) atoms. The molecule has 0 heterocycles. The highest BCUT2D eigenvalue weighted by Crippen LogP contribution is 2.28. The van der Waals surface area contributed by atoms with Crippen molar-refractivity contribution in [3.05, 3.63) is 53.6 Å². The molecule has 1 N–H and O–H groups in total. The van der Waals surface area contributed by atoms with Crippen molar-refractivity contribution in [2.45, 2.75) is 20.8 Å². The number of benzene rings is 2. The lowest BCUT2D eigenvalue weighted by atomic mass is 10.1. The number of carbonyl (C=O) groups excluding carboxylic acids is 1. The lowest BCUT2D eigenvalue weighted by Gasteiger charge is -2.12. The molecule has 6 nitrogen and oxygen atoms in total. The Labute approximate surface area is 153 Å². The molecule has 0 saturated heterocycles. The smallest absolute Gasteiger partial charge is 0.271 e. The number of ether oxygens (including phenoxy) is 3. The van der Waals surface area contributed by atoms with Gasteiger partial charge in [0.25, 0.3) is 5.91 Å². The monoisotopic (exact) mass is 356 g/mol. The van der Waals surface area contributed by atoms with Crippen LogP contribution in [0.25, 0.3) is 0 Å². The van der Waals surface area contributed by atoms with Gasteiger partial charge in [-0.2, -0.15) is 5.10 Å². The summed E-state index contributed by atoms with van der Waals surface area (Å²) in [6.07, 6.45) is 0. The first-order chi connectivity index (χ1) is 12.6. The third-order valence-corrected chi connectivity index (χ3v) is 3.64. The normalized spacial score (nSPS) is 11.0. The number of rotatable bonds is 8. The van der Waals surface area contributed by atoms with Crippen LogP contribution in [0.5, 0.6) is 17.2 Å². The summed E-state index contributed by atoms with van der Waals surface area (Å²) < 4.78 is 16.3. The highest BCUT2D eigenvalue weighted by atomic mass is 16.5. The van der Waals surface area contributed by atoms with E-state index in [4.69, 9.17) is 14.2 Å². The van der Waals surface area contributed by atoms with Gasteiger partial charge in [-0.05, 0) is 63.2 Å². The largest absolute Gasteiger partial charge is 0.497 e. The Hall–Kier alpha value is -3.02. The molecular weight excluding hydrogens is 332 g/mol. The Balaban J connectivity index is 2.12. The van der Waals surface area contributed by atoms with Gasteiger partial charge in [0, 0.05) is 11.1 Å². The molecule has 0 aliphatic heterocycles. The molecule has 0 aliphatic rings. The first-order valence-corrected chi connectivity index (χ1v) is 8.47. The molecule has 2 aromatic carbocycles. The zero-order valence-electron chi connectivity index (χ0n) is 15.5. The fourth-order valence-corrected chi connectivity index (χ4v) is 2.28. The minimum Gasteiger partial charge on any atom is -0.497 e. The Morgan fingerprint density at radius 1 is 0.962 bits per heavy atom. The summed E-state index contributed by atoms with van der Waals surface area (Å²) in [4.78, 5) is 12.2. The highest BCUT2D eigenvalue weighted by Gasteiger charge is 2.09. The summed E-state index contributed by atoms with van der Waals surface area (Å²) in [6, 6.07) is 12.4. The molecule has 0 unspecified atom stereocenters. The van der Waals surface area contributed by atoms with Gasteiger partial charge in [0.2, 0.25) is 0 Å². The number of amides is 1. The van der Waals surface area contributed by atoms with Crippen LogP contribution < -0.4 is 19.6 Å². The zero-order valence-corrected chi connectivity index (χ0v) is 15.5. The van der Waals surface area contributed by atoms with Crippen molar-refractivity contribution >= 4 is 11.6 Å². The van der Waals surface area contributed by atoms with E-state index in [2.05, 4.69) is 10.5 Å². The van der Waals surface area contributed by atoms with Crippen LogP contribution >= 0.6 is 0 Å². The second-order valence-electron chi connectivity index (χ2n) is 5.39. The standard InChI is InChI=1S/C20H24N2O4/c1-5-25-18-12-9-16(13-19(18)26-6-2)14(3)21-22-20(23)15-7-10-17(24-4)11-8-15/h7-13H,5-6H2,1-4H3,(H,22,23)/b21-14-. The van der Waals surface area contributed by atoms with Crippen molar-refractivity contribution < 1.29 is 19.0 Å². The van der Waals surface area contributed by atoms with Crippen molar-refractivity contribution in [3.8, 4) is 17.2 Å². The van der Waals surface area contributed by atoms with Crippen LogP contribution in [0.2, 0.25) is 0 Å². The molecule has 138 valence electrons. The van der Waals surface area contributed by atoms with E-state index in [1.165, 1.54) is 0 Å². The number of nitrogens with one attached hydrogen (secondary N) is 1. The van der Waals surface area contributed by atoms with Crippen LogP contribution in [0.3, 0.4) is 0 Å². The maximum Gasteiger partial charge on any atom is 0.271 e. The molecule has 0 spiro atoms. The second kappa shape index (κ2) is 9.46. The summed E-state index contributed by atoms with van der Waals surface area (Å²) in [5, 5.41) is 4.18. The topological polar surface area (TPSA) is 69.2 Å². The SMILES string of the molecule is CCOc1ccc(/C(C)=N\NC(=O)c2ccc(OC)cc2)cc1OCC. The molecule has 0 saturated carbocycles. The lowest BCUT2D eigenvalue weighted by Crippen LogP contribution is -2.19. The van der Waals surface area contributed by atoms with E-state index in [1.807, 2.05) is 39.0 Å². The highest BCUT2D eigenvalue weighted by molar-refractivity contribution is 6.01. The van der Waals surface area contributed by atoms with Gasteiger partial charge in [-0.1, -0.05) is 0 Å². The van der Waals surface area contributed by atoms with Gasteiger partial charge < -0.3 is 14.2 Å². The summed E-state index contributed by atoms with van der Waals surface area (Å²) in [7, 11) is 1.58. The molecule has 0 atom stereocenters. The van der Waals surface area contributed by atoms with Crippen molar-refractivity contribution in [1.82, 2.24) is 5.43 Å². The molecule has 0 radical (unpaired) electrons. The number of carbonyl (C=O) groups is 1. The minimum absolute atomic E-state index is 0.289. The number of hydrazone groups is 1. The maximum atomic E-state index is 12.2. The molecule has 0 fully saturated rings. The van der Waals surface area contributed by atoms with Gasteiger partial charge in [0.15, 0.2) is 11.5 Å². The van der Waals surface area contributed by atoms with E-state index in [9.17, 15) is 4.79 Å². The molecular formula is C20H24N2O4. The van der Waals surface area contributed by atoms with Gasteiger partial charge in [0.05, 0.1) is 26.0 Å². The Kier molecular flexibility index (Phi) is 7.02. The Morgan fingerprint density at radius 3 is 2.19 bits per heavy atom. The minimum atomic E-state index is -0.289. The summed E-state index contributed by atoms with van der Waals surface area (Å²) in [6.45, 7) is 6.75. The first-order valence-electron chi connectivity index (χ1n) is 8.47. The quantitative estimate of drug-likeness (QED) is 0.579. The van der Waals surface area contributed by atoms with E-state index in [-0.39, 0.29) is 5.91 Å². The zero-order chi connectivity index (χ0) is 18.9. The number of hydrogen-bond donors (Lipinski definition) is 1. The third kappa shape index (κ3) is 4.99. The average molecular weight is 356 g/mol. The second-order valence-corrected chi connectivity index (χ2v) is 5.39. The van der Waals surface area contributed by atoms with Gasteiger partial charge in [-0.3, -0.25) is 4.79 Å². The van der Waals surface area contributed by atoms with E-state index >= 15 is 0 Å². The van der Waals surface area contributed by atoms with Crippen molar-refractivity contribution in [2.24, 2.45) is 5.10 Å². The van der Waals surface area contributed by atoms with Crippen molar-refractivity contribution in [2.75, 3.05) is 20.3 Å². The van der Waals surface area contributed by atoms with Gasteiger partial charge in [-0.25, -0.2) is 5.43 Å². The van der Waals surface area contributed by atoms with Crippen LogP contribution in [0, 0.1) is 0 Å². The number of methoxy groups -OCH3 is 1. The predicted molar refractivity (Wildman–Crippen MR) is 101 cm³/mol. The van der Waals surface area contributed by atoms with Gasteiger partial charge >= 0.3 is 0 Å². The summed E-state index contributed by atoms with van der Waals surface area (Å²) >= 11 is 0. The van der Waals surface area contributed by atoms with E-state index in [1.54, 1.807) is 31.4 Å². The Bertz CT molecular complexity index is 770. The fourth-order valence-electron chi connectivity index (χ4n) is 2.28. The van der Waals surface area contributed by atoms with Crippen LogP contribution in [-0.4, -0.2) is 31.9 Å². The van der Waals surface area contributed by atoms with Crippen LogP contribution in [0.15, 0.2) is 47.6 Å². The predicted octanol–water partition coefficient (Wildman–Crippen LogP) is 3.65. The van der Waals surface area contributed by atoms with Crippen LogP contribution in [-0.2, 0) is 0 Å².